The summed E-state index contributed by atoms with van der Waals surface area (Å²) in [5.74, 6) is -1.25. The van der Waals surface area contributed by atoms with Crippen molar-refractivity contribution in [3.8, 4) is 0 Å². The molecule has 0 N–H and O–H groups in total. The maximum Gasteiger partial charge on any atom is 0.242 e. The van der Waals surface area contributed by atoms with Crippen molar-refractivity contribution in [1.29, 1.82) is 0 Å². The Morgan fingerprint density at radius 3 is 2.54 bits per heavy atom. The minimum atomic E-state index is -0.465. The minimum Gasteiger partial charge on any atom is -0.335 e. The van der Waals surface area contributed by atoms with Crippen LogP contribution in [0, 0.1) is 11.6 Å². The van der Waals surface area contributed by atoms with Crippen LogP contribution < -0.4 is 0 Å². The molecule has 0 atom stereocenters. The Hall–Kier alpha value is -2.47. The molecule has 1 fully saturated rings. The number of hydrogen-bond acceptors (Lipinski definition) is 2. The molecule has 0 bridgehead atoms. The van der Waals surface area contributed by atoms with Crippen LogP contribution in [0.4, 0.5) is 8.78 Å². The fourth-order valence-corrected chi connectivity index (χ4v) is 3.12. The lowest BCUT2D eigenvalue weighted by Gasteiger charge is -2.34. The lowest BCUT2D eigenvalue weighted by atomic mass is 10.1. The number of piperazine rings is 1. The lowest BCUT2D eigenvalue weighted by Crippen LogP contribution is -2.52. The fourth-order valence-electron chi connectivity index (χ4n) is 2.88. The summed E-state index contributed by atoms with van der Waals surface area (Å²) in [7, 11) is 0. The van der Waals surface area contributed by atoms with Gasteiger partial charge in [-0.05, 0) is 35.4 Å². The number of nitrogens with zero attached hydrogens (tertiary/aromatic N) is 2. The molecule has 2 amide bonds. The Morgan fingerprint density at radius 2 is 1.85 bits per heavy atom. The van der Waals surface area contributed by atoms with Gasteiger partial charge in [-0.15, -0.1) is 0 Å². The summed E-state index contributed by atoms with van der Waals surface area (Å²) in [5, 5.41) is 0.189. The summed E-state index contributed by atoms with van der Waals surface area (Å²) < 4.78 is 26.3. The van der Waals surface area contributed by atoms with Crippen molar-refractivity contribution in [2.75, 3.05) is 19.6 Å². The van der Waals surface area contributed by atoms with E-state index in [1.807, 2.05) is 0 Å². The number of hydrogen-bond donors (Lipinski definition) is 0. The van der Waals surface area contributed by atoms with Crippen LogP contribution >= 0.6 is 11.6 Å². The summed E-state index contributed by atoms with van der Waals surface area (Å²) in [6, 6.07) is 9.97. The fraction of sp³-hybridized carbons (Fsp3) is 0.263. The topological polar surface area (TPSA) is 40.6 Å². The van der Waals surface area contributed by atoms with E-state index < -0.39 is 5.82 Å². The molecular weight excluding hydrogens is 362 g/mol. The highest BCUT2D eigenvalue weighted by Crippen LogP contribution is 2.19. The smallest absolute Gasteiger partial charge is 0.242 e. The van der Waals surface area contributed by atoms with E-state index >= 15 is 0 Å². The van der Waals surface area contributed by atoms with E-state index in [1.165, 1.54) is 29.2 Å². The molecule has 1 aliphatic rings. The van der Waals surface area contributed by atoms with Crippen molar-refractivity contribution in [2.45, 2.75) is 13.0 Å². The molecule has 0 unspecified atom stereocenters. The average molecular weight is 379 g/mol. The molecule has 2 aromatic carbocycles. The molecule has 26 heavy (non-hydrogen) atoms. The van der Waals surface area contributed by atoms with Gasteiger partial charge in [0.1, 0.15) is 11.6 Å². The van der Waals surface area contributed by atoms with Crippen LogP contribution in [-0.4, -0.2) is 41.2 Å². The Morgan fingerprint density at radius 1 is 1.08 bits per heavy atom. The second-order valence-electron chi connectivity index (χ2n) is 6.17. The van der Waals surface area contributed by atoms with Gasteiger partial charge in [-0.25, -0.2) is 8.78 Å². The van der Waals surface area contributed by atoms with Crippen LogP contribution in [0.3, 0.4) is 0 Å². The van der Waals surface area contributed by atoms with E-state index in [1.54, 1.807) is 17.0 Å². The zero-order valence-electron chi connectivity index (χ0n) is 13.9. The second-order valence-corrected chi connectivity index (χ2v) is 6.58. The number of benzene rings is 2. The highest BCUT2D eigenvalue weighted by atomic mass is 35.5. The first-order valence-corrected chi connectivity index (χ1v) is 8.54. The SMILES string of the molecule is O=C(Cc1ccc(F)cc1Cl)N1CCN(Cc2cccc(F)c2)C(=O)C1. The first-order valence-electron chi connectivity index (χ1n) is 8.16. The monoisotopic (exact) mass is 378 g/mol. The molecule has 136 valence electrons. The predicted molar refractivity (Wildman–Crippen MR) is 93.5 cm³/mol. The highest BCUT2D eigenvalue weighted by Gasteiger charge is 2.27. The summed E-state index contributed by atoms with van der Waals surface area (Å²) in [6.07, 6.45) is 0.0102. The number of carbonyl (C=O) groups excluding carboxylic acids is 2. The number of halogens is 3. The van der Waals surface area contributed by atoms with Crippen LogP contribution in [0.15, 0.2) is 42.5 Å². The molecule has 3 rings (SSSR count). The van der Waals surface area contributed by atoms with Gasteiger partial charge in [-0.1, -0.05) is 29.8 Å². The van der Waals surface area contributed by atoms with Crippen LogP contribution in [0.25, 0.3) is 0 Å². The molecule has 7 heteroatoms. The third-order valence-corrected chi connectivity index (χ3v) is 4.64. The third kappa shape index (κ3) is 4.38. The zero-order valence-corrected chi connectivity index (χ0v) is 14.7. The van der Waals surface area contributed by atoms with E-state index in [2.05, 4.69) is 0 Å². The van der Waals surface area contributed by atoms with E-state index in [4.69, 9.17) is 11.6 Å². The molecule has 0 spiro atoms. The van der Waals surface area contributed by atoms with E-state index in [0.717, 1.165) is 6.07 Å². The lowest BCUT2D eigenvalue weighted by molar-refractivity contribution is -0.145. The van der Waals surface area contributed by atoms with Gasteiger partial charge in [0.25, 0.3) is 0 Å². The van der Waals surface area contributed by atoms with Gasteiger partial charge in [0.15, 0.2) is 0 Å². The van der Waals surface area contributed by atoms with Gasteiger partial charge in [0.05, 0.1) is 13.0 Å². The Kier molecular flexibility index (Phi) is 5.52. The Bertz CT molecular complexity index is 844. The van der Waals surface area contributed by atoms with Gasteiger partial charge in [0.2, 0.25) is 11.8 Å². The van der Waals surface area contributed by atoms with Crippen molar-refractivity contribution < 1.29 is 18.4 Å². The normalized spacial score (nSPS) is 14.7. The number of amides is 2. The highest BCUT2D eigenvalue weighted by molar-refractivity contribution is 6.31. The zero-order chi connectivity index (χ0) is 18.7. The first-order chi connectivity index (χ1) is 12.4. The standard InChI is InChI=1S/C19H17ClF2N2O2/c20-17-10-16(22)5-4-14(17)9-18(25)24-7-6-23(19(26)12-24)11-13-2-1-3-15(21)8-13/h1-5,8,10H,6-7,9,11-12H2. The number of carbonyl (C=O) groups is 2. The molecule has 0 radical (unpaired) electrons. The summed E-state index contributed by atoms with van der Waals surface area (Å²) in [4.78, 5) is 27.8. The van der Waals surface area contributed by atoms with Crippen LogP contribution in [-0.2, 0) is 22.6 Å². The maximum absolute atomic E-state index is 13.3. The Labute approximate surface area is 155 Å². The van der Waals surface area contributed by atoms with Crippen LogP contribution in [0.5, 0.6) is 0 Å². The molecule has 1 aliphatic heterocycles. The van der Waals surface area contributed by atoms with Crippen molar-refractivity contribution in [2.24, 2.45) is 0 Å². The van der Waals surface area contributed by atoms with Crippen molar-refractivity contribution >= 4 is 23.4 Å². The van der Waals surface area contributed by atoms with Gasteiger partial charge >= 0.3 is 0 Å². The molecule has 1 saturated heterocycles. The number of rotatable bonds is 4. The van der Waals surface area contributed by atoms with E-state index in [0.29, 0.717) is 30.8 Å². The van der Waals surface area contributed by atoms with Gasteiger partial charge in [-0.3, -0.25) is 9.59 Å². The minimum absolute atomic E-state index is 0.0102. The molecule has 0 aromatic heterocycles. The molecule has 4 nitrogen and oxygen atoms in total. The van der Waals surface area contributed by atoms with Crippen LogP contribution in [0.1, 0.15) is 11.1 Å². The third-order valence-electron chi connectivity index (χ3n) is 4.29. The largest absolute Gasteiger partial charge is 0.335 e. The van der Waals surface area contributed by atoms with Gasteiger partial charge in [0, 0.05) is 24.7 Å². The quantitative estimate of drug-likeness (QED) is 0.820. The first kappa shape index (κ1) is 18.3. The molecule has 0 saturated carbocycles. The van der Waals surface area contributed by atoms with Gasteiger partial charge in [-0.2, -0.15) is 0 Å². The van der Waals surface area contributed by atoms with E-state index in [-0.39, 0.29) is 35.6 Å². The summed E-state index contributed by atoms with van der Waals surface area (Å²) in [5.41, 5.74) is 1.23. The Balaban J connectivity index is 1.59. The second kappa shape index (κ2) is 7.83. The molecule has 2 aromatic rings. The van der Waals surface area contributed by atoms with Crippen LogP contribution in [0.2, 0.25) is 5.02 Å². The summed E-state index contributed by atoms with van der Waals surface area (Å²) >= 11 is 5.95. The molecule has 0 aliphatic carbocycles. The molecular formula is C19H17ClF2N2O2. The summed E-state index contributed by atoms with van der Waals surface area (Å²) in [6.45, 7) is 1.03. The van der Waals surface area contributed by atoms with Crippen molar-refractivity contribution in [3.63, 3.8) is 0 Å². The van der Waals surface area contributed by atoms with Gasteiger partial charge < -0.3 is 9.80 Å². The molecule has 1 heterocycles. The predicted octanol–water partition coefficient (Wildman–Crippen LogP) is 3.03. The maximum atomic E-state index is 13.3. The average Bonchev–Trinajstić information content (AvgIpc) is 2.59. The van der Waals surface area contributed by atoms with Crippen molar-refractivity contribution in [3.05, 3.63) is 70.2 Å². The van der Waals surface area contributed by atoms with E-state index in [9.17, 15) is 18.4 Å². The van der Waals surface area contributed by atoms with Crippen molar-refractivity contribution in [1.82, 2.24) is 9.80 Å².